The molecule has 0 aliphatic carbocycles. The molecule has 0 saturated heterocycles. The van der Waals surface area contributed by atoms with Crippen LogP contribution in [0.1, 0.15) is 19.8 Å². The highest BCUT2D eigenvalue weighted by Gasteiger charge is 2.09. The van der Waals surface area contributed by atoms with Gasteiger partial charge in [0.05, 0.1) is 11.4 Å². The van der Waals surface area contributed by atoms with Crippen molar-refractivity contribution < 1.29 is 0 Å². The molecule has 0 amide bonds. The first-order chi connectivity index (χ1) is 6.70. The predicted molar refractivity (Wildman–Crippen MR) is 58.2 cm³/mol. The van der Waals surface area contributed by atoms with E-state index in [1.54, 1.807) is 6.07 Å². The second-order valence-corrected chi connectivity index (χ2v) is 4.04. The van der Waals surface area contributed by atoms with Crippen LogP contribution < -0.4 is 10.6 Å². The Balaban J connectivity index is 2.67. The van der Waals surface area contributed by atoms with E-state index in [9.17, 15) is 0 Å². The van der Waals surface area contributed by atoms with E-state index >= 15 is 0 Å². The molecular weight excluding hydrogens is 219 g/mol. The highest BCUT2D eigenvalue weighted by atomic mass is 35.5. The molecule has 2 heterocycles. The molecule has 1 unspecified atom stereocenters. The smallest absolute Gasteiger partial charge is 0.139 e. The van der Waals surface area contributed by atoms with Crippen molar-refractivity contribution in [2.45, 2.75) is 25.8 Å². The summed E-state index contributed by atoms with van der Waals surface area (Å²) < 4.78 is 0. The van der Waals surface area contributed by atoms with Gasteiger partial charge in [-0.2, -0.15) is 0 Å². The molecule has 14 heavy (non-hydrogen) atoms. The summed E-state index contributed by atoms with van der Waals surface area (Å²) in [7, 11) is 0. The summed E-state index contributed by atoms with van der Waals surface area (Å²) in [6.07, 6.45) is 4.06. The van der Waals surface area contributed by atoms with Crippen molar-refractivity contribution >= 4 is 29.3 Å². The molecule has 1 atom stereocenters. The second-order valence-electron chi connectivity index (χ2n) is 3.30. The zero-order valence-electron chi connectivity index (χ0n) is 7.80. The lowest BCUT2D eigenvalue weighted by atomic mass is 10.1. The fraction of sp³-hybridized carbons (Fsp3) is 0.400. The van der Waals surface area contributed by atoms with Crippen LogP contribution in [-0.4, -0.2) is 11.0 Å². The number of aromatic nitrogens is 1. The van der Waals surface area contributed by atoms with E-state index in [1.165, 1.54) is 0 Å². The average molecular weight is 229 g/mol. The Morgan fingerprint density at radius 1 is 1.50 bits per heavy atom. The largest absolute Gasteiger partial charge is 0.281 e. The van der Waals surface area contributed by atoms with Gasteiger partial charge in [-0.15, -0.1) is 0 Å². The molecule has 0 N–H and O–H groups in total. The Morgan fingerprint density at radius 3 is 3.00 bits per heavy atom. The summed E-state index contributed by atoms with van der Waals surface area (Å²) in [6, 6.07) is 2.12. The molecule has 1 aliphatic rings. The lowest BCUT2D eigenvalue weighted by molar-refractivity contribution is 0.647. The van der Waals surface area contributed by atoms with E-state index in [0.29, 0.717) is 16.3 Å². The van der Waals surface area contributed by atoms with Crippen molar-refractivity contribution in [3.05, 3.63) is 26.9 Å². The van der Waals surface area contributed by atoms with Crippen molar-refractivity contribution in [1.29, 1.82) is 0 Å². The lowest BCUT2D eigenvalue weighted by Crippen LogP contribution is -2.32. The van der Waals surface area contributed by atoms with Gasteiger partial charge in [0.25, 0.3) is 0 Å². The van der Waals surface area contributed by atoms with Gasteiger partial charge in [-0.1, -0.05) is 36.2 Å². The first-order valence-electron chi connectivity index (χ1n) is 4.60. The maximum absolute atomic E-state index is 5.95. The summed E-state index contributed by atoms with van der Waals surface area (Å²) in [6.45, 7) is 2.12. The van der Waals surface area contributed by atoms with Gasteiger partial charge in [0.1, 0.15) is 10.3 Å². The molecule has 74 valence electrons. The van der Waals surface area contributed by atoms with Gasteiger partial charge in [-0.3, -0.25) is 4.99 Å². The molecule has 2 rings (SSSR count). The first kappa shape index (κ1) is 9.94. The molecule has 4 heteroatoms. The molecule has 0 radical (unpaired) electrons. The van der Waals surface area contributed by atoms with Gasteiger partial charge in [0, 0.05) is 11.3 Å². The Labute approximate surface area is 92.3 Å². The van der Waals surface area contributed by atoms with Crippen molar-refractivity contribution in [2.24, 2.45) is 4.99 Å². The van der Waals surface area contributed by atoms with Crippen LogP contribution in [0.25, 0.3) is 6.08 Å². The first-order valence-corrected chi connectivity index (χ1v) is 5.36. The van der Waals surface area contributed by atoms with Crippen LogP contribution in [-0.2, 0) is 0 Å². The summed E-state index contributed by atoms with van der Waals surface area (Å²) in [5.41, 5.74) is 0. The maximum atomic E-state index is 5.95. The molecule has 0 fully saturated rings. The van der Waals surface area contributed by atoms with Gasteiger partial charge >= 0.3 is 0 Å². The number of hydrogen-bond acceptors (Lipinski definition) is 2. The zero-order chi connectivity index (χ0) is 10.1. The SMILES string of the molecule is CCC1CC=c2c(Cl)nc(Cl)cc2=N1. The van der Waals surface area contributed by atoms with Crippen LogP contribution in [0.5, 0.6) is 0 Å². The predicted octanol–water partition coefficient (Wildman–Crippen LogP) is 1.97. The lowest BCUT2D eigenvalue weighted by Gasteiger charge is -2.11. The van der Waals surface area contributed by atoms with Gasteiger partial charge in [0.2, 0.25) is 0 Å². The maximum Gasteiger partial charge on any atom is 0.139 e. The highest BCUT2D eigenvalue weighted by molar-refractivity contribution is 6.32. The molecule has 1 aromatic rings. The average Bonchev–Trinajstić information content (AvgIpc) is 2.16. The monoisotopic (exact) mass is 228 g/mol. The van der Waals surface area contributed by atoms with Crippen molar-refractivity contribution in [3.8, 4) is 0 Å². The Kier molecular flexibility index (Phi) is 2.75. The highest BCUT2D eigenvalue weighted by Crippen LogP contribution is 2.09. The zero-order valence-corrected chi connectivity index (χ0v) is 9.31. The van der Waals surface area contributed by atoms with Crippen LogP contribution >= 0.6 is 23.2 Å². The van der Waals surface area contributed by atoms with E-state index in [0.717, 1.165) is 23.4 Å². The fourth-order valence-electron chi connectivity index (χ4n) is 1.54. The van der Waals surface area contributed by atoms with Gasteiger partial charge in [-0.05, 0) is 12.8 Å². The van der Waals surface area contributed by atoms with Crippen LogP contribution in [0.2, 0.25) is 10.3 Å². The molecular formula is C10H10Cl2N2. The number of pyridine rings is 1. The van der Waals surface area contributed by atoms with Crippen LogP contribution in [0.15, 0.2) is 11.1 Å². The van der Waals surface area contributed by atoms with Gasteiger partial charge in [0.15, 0.2) is 0 Å². The number of fused-ring (bicyclic) bond motifs is 1. The Morgan fingerprint density at radius 2 is 2.29 bits per heavy atom. The molecule has 0 spiro atoms. The molecule has 0 saturated carbocycles. The quantitative estimate of drug-likeness (QED) is 0.676. The van der Waals surface area contributed by atoms with E-state index < -0.39 is 0 Å². The Bertz CT molecular complexity index is 468. The number of nitrogens with zero attached hydrogens (tertiary/aromatic N) is 2. The van der Waals surface area contributed by atoms with Gasteiger partial charge < -0.3 is 0 Å². The van der Waals surface area contributed by atoms with E-state index in [-0.39, 0.29) is 0 Å². The second kappa shape index (κ2) is 3.87. The Hall–Kier alpha value is -0.600. The van der Waals surface area contributed by atoms with Crippen LogP contribution in [0, 0.1) is 0 Å². The van der Waals surface area contributed by atoms with Crippen LogP contribution in [0.4, 0.5) is 0 Å². The number of hydrogen-bond donors (Lipinski definition) is 0. The summed E-state index contributed by atoms with van der Waals surface area (Å²) in [5.74, 6) is 0. The third-order valence-corrected chi connectivity index (χ3v) is 2.83. The minimum atomic E-state index is 0.358. The number of rotatable bonds is 1. The van der Waals surface area contributed by atoms with E-state index in [2.05, 4.69) is 23.0 Å². The third kappa shape index (κ3) is 1.77. The molecule has 0 bridgehead atoms. The van der Waals surface area contributed by atoms with E-state index in [1.807, 2.05) is 0 Å². The topological polar surface area (TPSA) is 25.2 Å². The molecule has 2 nitrogen and oxygen atoms in total. The van der Waals surface area contributed by atoms with Crippen molar-refractivity contribution in [3.63, 3.8) is 0 Å². The molecule has 1 aromatic heterocycles. The molecule has 1 aliphatic heterocycles. The number of halogens is 2. The fourth-order valence-corrected chi connectivity index (χ4v) is 2.04. The van der Waals surface area contributed by atoms with Crippen molar-refractivity contribution in [1.82, 2.24) is 4.98 Å². The minimum Gasteiger partial charge on any atom is -0.281 e. The van der Waals surface area contributed by atoms with Gasteiger partial charge in [-0.25, -0.2) is 4.98 Å². The summed E-state index contributed by atoms with van der Waals surface area (Å²) in [4.78, 5) is 8.52. The summed E-state index contributed by atoms with van der Waals surface area (Å²) in [5, 5.41) is 2.64. The standard InChI is InChI=1S/C10H10Cl2N2/c1-2-6-3-4-7-8(13-6)5-9(11)14-10(7)12/h4-6H,2-3H2,1H3. The van der Waals surface area contributed by atoms with Crippen LogP contribution in [0.3, 0.4) is 0 Å². The summed E-state index contributed by atoms with van der Waals surface area (Å²) >= 11 is 11.8. The molecule has 0 aromatic carbocycles. The van der Waals surface area contributed by atoms with E-state index in [4.69, 9.17) is 23.2 Å². The minimum absolute atomic E-state index is 0.358. The third-order valence-electron chi connectivity index (χ3n) is 2.35. The van der Waals surface area contributed by atoms with Crippen molar-refractivity contribution in [2.75, 3.05) is 0 Å². The normalized spacial score (nSPS) is 19.5.